The van der Waals surface area contributed by atoms with Crippen molar-refractivity contribution in [3.63, 3.8) is 0 Å². The van der Waals surface area contributed by atoms with Gasteiger partial charge in [0.25, 0.3) is 0 Å². The Balaban J connectivity index is 0. The predicted octanol–water partition coefficient (Wildman–Crippen LogP) is 7.10. The lowest BCUT2D eigenvalue weighted by Gasteiger charge is -2.09. The van der Waals surface area contributed by atoms with Crippen molar-refractivity contribution in [2.75, 3.05) is 0 Å². The number of rotatable bonds is 2. The first kappa shape index (κ1) is 21.2. The lowest BCUT2D eigenvalue weighted by Crippen LogP contribution is -2.06. The van der Waals surface area contributed by atoms with Crippen LogP contribution in [0.15, 0.2) is 0 Å². The van der Waals surface area contributed by atoms with E-state index in [4.69, 9.17) is 116 Å². The van der Waals surface area contributed by atoms with Crippen molar-refractivity contribution in [3.05, 3.63) is 0 Å². The van der Waals surface area contributed by atoms with Crippen LogP contribution >= 0.6 is 116 Å². The third-order valence-corrected chi connectivity index (χ3v) is 2.31. The van der Waals surface area contributed by atoms with E-state index in [-0.39, 0.29) is 12.8 Å². The minimum Gasteiger partial charge on any atom is -0.105 e. The largest absolute Gasteiger partial charge is 0.193 e. The molecular weight excluding hydrogens is 427 g/mol. The Morgan fingerprint density at radius 3 is 0.750 bits per heavy atom. The van der Waals surface area contributed by atoms with E-state index in [0.29, 0.717) is 0 Å². The van der Waals surface area contributed by atoms with Crippen LogP contribution in [0.25, 0.3) is 0 Å². The Bertz CT molecular complexity index is 145. The number of hydrogen-bond donors (Lipinski definition) is 0. The minimum atomic E-state index is -1.33. The first-order valence-corrected chi connectivity index (χ1v) is 7.54. The van der Waals surface area contributed by atoms with Crippen LogP contribution in [-0.2, 0) is 0 Å². The van der Waals surface area contributed by atoms with Gasteiger partial charge in [-0.15, -0.1) is 46.4 Å². The van der Waals surface area contributed by atoms with E-state index in [1.54, 1.807) is 0 Å². The summed E-state index contributed by atoms with van der Waals surface area (Å²) < 4.78 is -2.65. The molecule has 0 rings (SSSR count). The van der Waals surface area contributed by atoms with Crippen LogP contribution in [-0.4, -0.2) is 17.3 Å². The van der Waals surface area contributed by atoms with Gasteiger partial charge in [-0.05, 0) is 0 Å². The summed E-state index contributed by atoms with van der Waals surface area (Å²) in [5, 5.41) is 0. The van der Waals surface area contributed by atoms with Crippen LogP contribution in [0.3, 0.4) is 0 Å². The van der Waals surface area contributed by atoms with Gasteiger partial charge in [0.05, 0.1) is 0 Å². The molecule has 100 valence electrons. The maximum Gasteiger partial charge on any atom is 0.193 e. The van der Waals surface area contributed by atoms with Gasteiger partial charge in [0, 0.05) is 12.8 Å². The molecule has 0 saturated carbocycles. The summed E-state index contributed by atoms with van der Waals surface area (Å²) in [5.74, 6) is 0. The fourth-order valence-corrected chi connectivity index (χ4v) is 3.15. The van der Waals surface area contributed by atoms with Crippen molar-refractivity contribution in [3.8, 4) is 0 Å². The quantitative estimate of drug-likeness (QED) is 0.408. The molecule has 0 aromatic rings. The van der Waals surface area contributed by atoms with Crippen LogP contribution in [0, 0.1) is 0 Å². The van der Waals surface area contributed by atoms with Crippen molar-refractivity contribution in [2.45, 2.75) is 30.1 Å². The molecule has 0 amide bonds. The van der Waals surface area contributed by atoms with Crippen molar-refractivity contribution in [1.29, 1.82) is 0 Å². The van der Waals surface area contributed by atoms with E-state index in [9.17, 15) is 0 Å². The molecule has 0 spiro atoms. The van der Waals surface area contributed by atoms with Crippen LogP contribution in [0.2, 0.25) is 0 Å². The predicted molar refractivity (Wildman–Crippen MR) is 80.8 cm³/mol. The summed E-state index contributed by atoms with van der Waals surface area (Å²) >= 11 is 52.8. The SMILES string of the molecule is ClC(Cl)CC(Cl)(Cl)Cl.ClC(Cl)CC(Cl)(Cl)Cl. The Hall–Kier alpha value is 2.90. The molecule has 0 N–H and O–H groups in total. The van der Waals surface area contributed by atoms with Crippen molar-refractivity contribution < 1.29 is 0 Å². The fraction of sp³-hybridized carbons (Fsp3) is 1.00. The van der Waals surface area contributed by atoms with Gasteiger partial charge < -0.3 is 0 Å². The van der Waals surface area contributed by atoms with E-state index < -0.39 is 17.3 Å². The molecule has 16 heavy (non-hydrogen) atoms. The highest BCUT2D eigenvalue weighted by Gasteiger charge is 2.23. The third-order valence-electron chi connectivity index (χ3n) is 0.772. The smallest absolute Gasteiger partial charge is 0.105 e. The second-order valence-corrected chi connectivity index (χ2v) is 10.0. The minimum absolute atomic E-state index is 0.154. The summed E-state index contributed by atoms with van der Waals surface area (Å²) in [6, 6.07) is 0. The monoisotopic (exact) mass is 428 g/mol. The molecule has 0 bridgehead atoms. The zero-order valence-electron chi connectivity index (χ0n) is 7.35. The van der Waals surface area contributed by atoms with Gasteiger partial charge in [-0.25, -0.2) is 0 Å². The molecule has 0 atom stereocenters. The Morgan fingerprint density at radius 1 is 0.562 bits per heavy atom. The fourth-order valence-electron chi connectivity index (χ4n) is 0.350. The third kappa shape index (κ3) is 25.7. The van der Waals surface area contributed by atoms with Gasteiger partial charge in [-0.1, -0.05) is 69.6 Å². The molecule has 0 nitrogen and oxygen atoms in total. The maximum absolute atomic E-state index is 5.29. The molecule has 0 aliphatic rings. The molecule has 10 heteroatoms. The van der Waals surface area contributed by atoms with E-state index in [1.807, 2.05) is 0 Å². The van der Waals surface area contributed by atoms with E-state index in [0.717, 1.165) is 0 Å². The zero-order chi connectivity index (χ0) is 13.6. The highest BCUT2D eigenvalue weighted by Crippen LogP contribution is 2.34. The van der Waals surface area contributed by atoms with E-state index in [2.05, 4.69) is 0 Å². The van der Waals surface area contributed by atoms with Gasteiger partial charge in [0.1, 0.15) is 9.67 Å². The Morgan fingerprint density at radius 2 is 0.750 bits per heavy atom. The normalized spacial score (nSPS) is 12.8. The summed E-state index contributed by atoms with van der Waals surface area (Å²) in [5.41, 5.74) is 0. The summed E-state index contributed by atoms with van der Waals surface area (Å²) in [6.45, 7) is 0. The summed E-state index contributed by atoms with van der Waals surface area (Å²) in [6.07, 6.45) is 0.307. The van der Waals surface area contributed by atoms with E-state index >= 15 is 0 Å². The lowest BCUT2D eigenvalue weighted by atomic mass is 10.5. The van der Waals surface area contributed by atoms with Crippen LogP contribution in [0.1, 0.15) is 12.8 Å². The molecular formula is C6H6Cl10. The molecule has 0 radical (unpaired) electrons. The molecule has 0 heterocycles. The molecule has 0 aliphatic carbocycles. The first-order valence-electron chi connectivity index (χ1n) is 3.53. The molecule has 0 fully saturated rings. The van der Waals surface area contributed by atoms with Crippen LogP contribution in [0.5, 0.6) is 0 Å². The molecule has 0 aliphatic heterocycles. The topological polar surface area (TPSA) is 0 Å². The Labute approximate surface area is 145 Å². The zero-order valence-corrected chi connectivity index (χ0v) is 14.9. The second kappa shape index (κ2) is 9.75. The van der Waals surface area contributed by atoms with Crippen LogP contribution < -0.4 is 0 Å². The van der Waals surface area contributed by atoms with Crippen molar-refractivity contribution in [1.82, 2.24) is 0 Å². The molecule has 0 unspecified atom stereocenters. The summed E-state index contributed by atoms with van der Waals surface area (Å²) in [7, 11) is 0. The highest BCUT2D eigenvalue weighted by molar-refractivity contribution is 6.68. The first-order chi connectivity index (χ1) is 6.83. The standard InChI is InChI=1S/2C3H3Cl5/c2*4-2(5)1-3(6,7)8/h2*2H,1H2. The molecule has 0 aromatic carbocycles. The number of halogens is 10. The maximum atomic E-state index is 5.29. The van der Waals surface area contributed by atoms with Crippen molar-refractivity contribution >= 4 is 116 Å². The Kier molecular flexibility index (Phi) is 12.9. The van der Waals surface area contributed by atoms with Crippen molar-refractivity contribution in [2.24, 2.45) is 0 Å². The van der Waals surface area contributed by atoms with Gasteiger partial charge in [-0.3, -0.25) is 0 Å². The van der Waals surface area contributed by atoms with Crippen LogP contribution in [0.4, 0.5) is 0 Å². The number of hydrogen-bond acceptors (Lipinski definition) is 0. The average molecular weight is 433 g/mol. The molecule has 0 saturated heterocycles. The summed E-state index contributed by atoms with van der Waals surface area (Å²) in [4.78, 5) is -1.22. The molecule has 0 aromatic heterocycles. The van der Waals surface area contributed by atoms with Gasteiger partial charge >= 0.3 is 0 Å². The van der Waals surface area contributed by atoms with Gasteiger partial charge in [-0.2, -0.15) is 0 Å². The lowest BCUT2D eigenvalue weighted by molar-refractivity contribution is 0.938. The van der Waals surface area contributed by atoms with Gasteiger partial charge in [0.2, 0.25) is 0 Å². The highest BCUT2D eigenvalue weighted by atomic mass is 35.6. The van der Waals surface area contributed by atoms with Gasteiger partial charge in [0.15, 0.2) is 7.59 Å². The number of alkyl halides is 10. The second-order valence-electron chi connectivity index (χ2n) is 2.42. The average Bonchev–Trinajstić information content (AvgIpc) is 1.72. The van der Waals surface area contributed by atoms with E-state index in [1.165, 1.54) is 0 Å².